The molecule has 0 spiro atoms. The van der Waals surface area contributed by atoms with E-state index in [0.717, 1.165) is 17.5 Å². The first-order valence-corrected chi connectivity index (χ1v) is 6.37. The molecule has 1 nitrogen and oxygen atoms in total. The molecule has 1 fully saturated rings. The third kappa shape index (κ3) is 2.67. The van der Waals surface area contributed by atoms with Gasteiger partial charge in [0.05, 0.1) is 0 Å². The summed E-state index contributed by atoms with van der Waals surface area (Å²) in [6, 6.07) is 8.95. The van der Waals surface area contributed by atoms with Crippen molar-refractivity contribution in [3.05, 3.63) is 47.0 Å². The van der Waals surface area contributed by atoms with E-state index in [2.05, 4.69) is 29.2 Å². The minimum Gasteiger partial charge on any atom is -0.292 e. The Kier molecular flexibility index (Phi) is 4.13. The van der Waals surface area contributed by atoms with Crippen LogP contribution in [0.25, 0.3) is 0 Å². The van der Waals surface area contributed by atoms with Crippen molar-refractivity contribution < 1.29 is 0 Å². The molecule has 0 aliphatic carbocycles. The van der Waals surface area contributed by atoms with Crippen molar-refractivity contribution in [3.8, 4) is 0 Å². The van der Waals surface area contributed by atoms with Crippen molar-refractivity contribution in [2.45, 2.75) is 18.9 Å². The fourth-order valence-corrected chi connectivity index (χ4v) is 3.01. The van der Waals surface area contributed by atoms with Gasteiger partial charge in [0.25, 0.3) is 0 Å². The molecule has 2 aliphatic heterocycles. The van der Waals surface area contributed by atoms with Gasteiger partial charge in [0.1, 0.15) is 0 Å². The number of rotatable bonds is 1. The van der Waals surface area contributed by atoms with E-state index < -0.39 is 0 Å². The van der Waals surface area contributed by atoms with Gasteiger partial charge in [-0.1, -0.05) is 35.9 Å². The van der Waals surface area contributed by atoms with Crippen LogP contribution in [0.4, 0.5) is 0 Å². The van der Waals surface area contributed by atoms with Gasteiger partial charge >= 0.3 is 0 Å². The number of hydrogen-bond donors (Lipinski definition) is 0. The minimum atomic E-state index is 0. The molecule has 1 saturated heterocycles. The third-order valence-electron chi connectivity index (χ3n) is 3.72. The number of hydrogen-bond acceptors (Lipinski definition) is 1. The summed E-state index contributed by atoms with van der Waals surface area (Å²) in [5, 5.41) is 0.830. The van der Waals surface area contributed by atoms with Gasteiger partial charge < -0.3 is 0 Å². The van der Waals surface area contributed by atoms with Crippen molar-refractivity contribution in [2.24, 2.45) is 5.92 Å². The maximum atomic E-state index is 5.93. The van der Waals surface area contributed by atoms with E-state index in [-0.39, 0.29) is 12.4 Å². The van der Waals surface area contributed by atoms with Crippen LogP contribution in [0.5, 0.6) is 0 Å². The Morgan fingerprint density at radius 3 is 2.65 bits per heavy atom. The van der Waals surface area contributed by atoms with Crippen LogP contribution < -0.4 is 0 Å². The van der Waals surface area contributed by atoms with Gasteiger partial charge in [0.2, 0.25) is 0 Å². The Balaban J connectivity index is 0.00000108. The molecular weight excluding hydrogens is 253 g/mol. The molecule has 92 valence electrons. The largest absolute Gasteiger partial charge is 0.292 e. The van der Waals surface area contributed by atoms with E-state index >= 15 is 0 Å². The Morgan fingerprint density at radius 1 is 1.12 bits per heavy atom. The SMILES string of the molecule is Cl.Clc1ccc(C2CCC3C=CCN2C3)cc1. The molecule has 0 saturated carbocycles. The second-order valence-electron chi connectivity index (χ2n) is 4.79. The van der Waals surface area contributed by atoms with Crippen LogP contribution >= 0.6 is 24.0 Å². The van der Waals surface area contributed by atoms with Crippen LogP contribution in [-0.4, -0.2) is 18.0 Å². The van der Waals surface area contributed by atoms with Gasteiger partial charge in [-0.3, -0.25) is 4.90 Å². The molecule has 17 heavy (non-hydrogen) atoms. The van der Waals surface area contributed by atoms with Crippen LogP contribution in [-0.2, 0) is 0 Å². The number of benzene rings is 1. The van der Waals surface area contributed by atoms with Crippen molar-refractivity contribution >= 4 is 24.0 Å². The molecule has 3 heteroatoms. The molecule has 0 aromatic heterocycles. The summed E-state index contributed by atoms with van der Waals surface area (Å²) in [5.74, 6) is 0.789. The lowest BCUT2D eigenvalue weighted by Gasteiger charge is -2.41. The summed E-state index contributed by atoms with van der Waals surface area (Å²) in [7, 11) is 0. The van der Waals surface area contributed by atoms with Crippen LogP contribution in [0.1, 0.15) is 24.4 Å². The summed E-state index contributed by atoms with van der Waals surface area (Å²) in [4.78, 5) is 2.58. The van der Waals surface area contributed by atoms with E-state index in [0.29, 0.717) is 6.04 Å². The Labute approximate surface area is 114 Å². The van der Waals surface area contributed by atoms with Crippen molar-refractivity contribution in [1.29, 1.82) is 0 Å². The lowest BCUT2D eigenvalue weighted by atomic mass is 9.87. The second kappa shape index (κ2) is 5.43. The molecule has 2 heterocycles. The number of fused-ring (bicyclic) bond motifs is 2. The molecule has 1 aromatic carbocycles. The first-order valence-electron chi connectivity index (χ1n) is 5.99. The maximum absolute atomic E-state index is 5.93. The highest BCUT2D eigenvalue weighted by atomic mass is 35.5. The zero-order valence-electron chi connectivity index (χ0n) is 9.68. The lowest BCUT2D eigenvalue weighted by molar-refractivity contribution is 0.129. The van der Waals surface area contributed by atoms with Gasteiger partial charge in [-0.05, 0) is 36.5 Å². The molecular formula is C14H17Cl2N. The summed E-state index contributed by atoms with van der Waals surface area (Å²) < 4.78 is 0. The fourth-order valence-electron chi connectivity index (χ4n) is 2.88. The van der Waals surface area contributed by atoms with Gasteiger partial charge in [-0.15, -0.1) is 12.4 Å². The molecule has 2 aliphatic rings. The van der Waals surface area contributed by atoms with Gasteiger partial charge in [-0.25, -0.2) is 0 Å². The first kappa shape index (κ1) is 12.9. The Hall–Kier alpha value is -0.500. The first-order chi connectivity index (χ1) is 7.83. The Morgan fingerprint density at radius 2 is 1.88 bits per heavy atom. The van der Waals surface area contributed by atoms with E-state index in [4.69, 9.17) is 11.6 Å². The summed E-state index contributed by atoms with van der Waals surface area (Å²) in [5.41, 5.74) is 1.41. The highest BCUT2D eigenvalue weighted by Gasteiger charge is 2.29. The number of nitrogens with zero attached hydrogens (tertiary/aromatic N) is 1. The highest BCUT2D eigenvalue weighted by Crippen LogP contribution is 2.35. The molecule has 0 amide bonds. The summed E-state index contributed by atoms with van der Waals surface area (Å²) >= 11 is 5.93. The quantitative estimate of drug-likeness (QED) is 0.695. The zero-order valence-corrected chi connectivity index (χ0v) is 11.3. The third-order valence-corrected chi connectivity index (χ3v) is 3.98. The average molecular weight is 270 g/mol. The second-order valence-corrected chi connectivity index (χ2v) is 5.22. The summed E-state index contributed by atoms with van der Waals surface area (Å²) in [6.45, 7) is 2.33. The van der Waals surface area contributed by atoms with Gasteiger partial charge in [-0.2, -0.15) is 0 Å². The monoisotopic (exact) mass is 269 g/mol. The molecule has 0 radical (unpaired) electrons. The van der Waals surface area contributed by atoms with Crippen LogP contribution in [0, 0.1) is 5.92 Å². The van der Waals surface area contributed by atoms with E-state index in [9.17, 15) is 0 Å². The zero-order chi connectivity index (χ0) is 11.0. The van der Waals surface area contributed by atoms with Crippen LogP contribution in [0.2, 0.25) is 5.02 Å². The molecule has 0 N–H and O–H groups in total. The highest BCUT2D eigenvalue weighted by molar-refractivity contribution is 6.30. The van der Waals surface area contributed by atoms with E-state index in [1.165, 1.54) is 24.9 Å². The topological polar surface area (TPSA) is 3.24 Å². The minimum absolute atomic E-state index is 0. The van der Waals surface area contributed by atoms with Crippen LogP contribution in [0.15, 0.2) is 36.4 Å². The molecule has 3 unspecified atom stereocenters. The summed E-state index contributed by atoms with van der Waals surface area (Å²) in [6.07, 6.45) is 7.29. The lowest BCUT2D eigenvalue weighted by Crippen LogP contribution is -2.40. The number of halogens is 2. The van der Waals surface area contributed by atoms with Gasteiger partial charge in [0, 0.05) is 24.2 Å². The molecule has 3 atom stereocenters. The molecule has 3 rings (SSSR count). The Bertz CT molecular complexity index is 399. The van der Waals surface area contributed by atoms with Crippen molar-refractivity contribution in [2.75, 3.05) is 13.1 Å². The van der Waals surface area contributed by atoms with Crippen molar-refractivity contribution in [1.82, 2.24) is 4.90 Å². The predicted molar refractivity (Wildman–Crippen MR) is 74.9 cm³/mol. The standard InChI is InChI=1S/C14H16ClN.ClH/c15-13-6-4-12(5-7-13)14-8-3-11-2-1-9-16(14)10-11;/h1-2,4-7,11,14H,3,8-10H2;1H. The molecule has 2 bridgehead atoms. The predicted octanol–water partition coefficient (Wildman–Crippen LogP) is 4.08. The number of piperidine rings is 1. The van der Waals surface area contributed by atoms with Crippen molar-refractivity contribution in [3.63, 3.8) is 0 Å². The fraction of sp³-hybridized carbons (Fsp3) is 0.429. The van der Waals surface area contributed by atoms with E-state index in [1.807, 2.05) is 12.1 Å². The average Bonchev–Trinajstić information content (AvgIpc) is 2.31. The van der Waals surface area contributed by atoms with Gasteiger partial charge in [0.15, 0.2) is 0 Å². The smallest absolute Gasteiger partial charge is 0.0406 e. The normalized spacial score (nSPS) is 30.8. The van der Waals surface area contributed by atoms with E-state index in [1.54, 1.807) is 0 Å². The maximum Gasteiger partial charge on any atom is 0.0406 e. The van der Waals surface area contributed by atoms with Crippen LogP contribution in [0.3, 0.4) is 0 Å². The molecule has 1 aromatic rings.